The van der Waals surface area contributed by atoms with E-state index in [9.17, 15) is 27.6 Å². The van der Waals surface area contributed by atoms with Crippen LogP contribution in [0.2, 0.25) is 0 Å². The predicted octanol–water partition coefficient (Wildman–Crippen LogP) is 7.76. The molecule has 0 bridgehead atoms. The third-order valence-electron chi connectivity index (χ3n) is 5.83. The number of aromatic nitrogens is 1. The van der Waals surface area contributed by atoms with Crippen molar-refractivity contribution < 1.29 is 37.0 Å². The number of benzene rings is 3. The molecule has 0 aliphatic heterocycles. The Hall–Kier alpha value is -4.91. The van der Waals surface area contributed by atoms with Gasteiger partial charge in [-0.2, -0.15) is 13.2 Å². The molecule has 0 radical (unpaired) electrons. The molecule has 0 aliphatic carbocycles. The molecule has 4 rings (SSSR count). The summed E-state index contributed by atoms with van der Waals surface area (Å²) in [4.78, 5) is 41.4. The highest BCUT2D eigenvalue weighted by atomic mass is 32.1. The van der Waals surface area contributed by atoms with Crippen molar-refractivity contribution in [1.29, 1.82) is 0 Å². The summed E-state index contributed by atoms with van der Waals surface area (Å²) < 4.78 is 49.3. The number of nitrogens with zero attached hydrogens (tertiary/aromatic N) is 1. The van der Waals surface area contributed by atoms with Crippen molar-refractivity contribution in [1.82, 2.24) is 10.3 Å². The lowest BCUT2D eigenvalue weighted by molar-refractivity contribution is -0.137. The van der Waals surface area contributed by atoms with Crippen LogP contribution < -0.4 is 20.7 Å². The highest BCUT2D eigenvalue weighted by Gasteiger charge is 2.30. The molecule has 44 heavy (non-hydrogen) atoms. The first kappa shape index (κ1) is 32.0. The minimum Gasteiger partial charge on any atom is -0.444 e. The minimum absolute atomic E-state index is 0.237. The molecular weight excluding hydrogens is 597 g/mol. The van der Waals surface area contributed by atoms with Gasteiger partial charge in [-0.1, -0.05) is 30.3 Å². The zero-order valence-electron chi connectivity index (χ0n) is 24.0. The largest absolute Gasteiger partial charge is 0.444 e. The lowest BCUT2D eigenvalue weighted by Gasteiger charge is -2.18. The number of hydrogen-bond acceptors (Lipinski definition) is 7. The maximum absolute atomic E-state index is 13.0. The van der Waals surface area contributed by atoms with E-state index < -0.39 is 35.4 Å². The fraction of sp³-hybridized carbons (Fsp3) is 0.226. The lowest BCUT2D eigenvalue weighted by Crippen LogP contribution is -2.28. The topological polar surface area (TPSA) is 119 Å². The van der Waals surface area contributed by atoms with Gasteiger partial charge in [-0.3, -0.25) is 10.1 Å². The molecular formula is C31H29F3N4O5S. The number of carbonyl (C=O) groups excluding carboxylic acids is 3. The van der Waals surface area contributed by atoms with E-state index in [2.05, 4.69) is 20.9 Å². The zero-order valence-corrected chi connectivity index (χ0v) is 24.8. The van der Waals surface area contributed by atoms with Crippen LogP contribution in [-0.4, -0.2) is 35.2 Å². The van der Waals surface area contributed by atoms with Gasteiger partial charge in [-0.25, -0.2) is 14.6 Å². The van der Waals surface area contributed by atoms with Gasteiger partial charge < -0.3 is 20.1 Å². The third-order valence-corrected chi connectivity index (χ3v) is 6.63. The van der Waals surface area contributed by atoms with E-state index in [1.807, 2.05) is 0 Å². The number of ether oxygens (including phenoxy) is 2. The van der Waals surface area contributed by atoms with Crippen LogP contribution in [0.15, 0.2) is 78.2 Å². The predicted molar refractivity (Wildman–Crippen MR) is 161 cm³/mol. The molecule has 1 heterocycles. The molecule has 9 nitrogen and oxygen atoms in total. The first-order valence-corrected chi connectivity index (χ1v) is 14.2. The summed E-state index contributed by atoms with van der Waals surface area (Å²) in [6.07, 6.45) is -5.34. The number of thiazole rings is 1. The number of nitrogens with one attached hydrogen (secondary N) is 3. The molecule has 0 saturated heterocycles. The summed E-state index contributed by atoms with van der Waals surface area (Å²) in [7, 11) is 0. The Balaban J connectivity index is 1.26. The van der Waals surface area contributed by atoms with Crippen molar-refractivity contribution in [2.45, 2.75) is 39.0 Å². The molecule has 230 valence electrons. The monoisotopic (exact) mass is 626 g/mol. The van der Waals surface area contributed by atoms with Crippen molar-refractivity contribution >= 4 is 40.2 Å². The molecule has 3 N–H and O–H groups in total. The van der Waals surface area contributed by atoms with Crippen LogP contribution >= 0.6 is 11.3 Å². The SMILES string of the molecule is CC(C)(C)OC(=O)Nc1nc(CCNC(=O)Oc2ccc(NC(=O)c3ccccc3-c3ccc(C(F)(F)F)cc3)cc2)cs1. The number of anilines is 2. The molecule has 0 aliphatic rings. The van der Waals surface area contributed by atoms with Gasteiger partial charge in [-0.05, 0) is 74.4 Å². The van der Waals surface area contributed by atoms with Gasteiger partial charge in [0, 0.05) is 29.6 Å². The second kappa shape index (κ2) is 13.6. The summed E-state index contributed by atoms with van der Waals surface area (Å²) in [5.41, 5.74) is 0.901. The van der Waals surface area contributed by atoms with E-state index in [0.29, 0.717) is 34.1 Å². The van der Waals surface area contributed by atoms with Crippen LogP contribution in [0.4, 0.5) is 33.6 Å². The molecule has 0 unspecified atom stereocenters. The van der Waals surface area contributed by atoms with Gasteiger partial charge in [0.15, 0.2) is 5.13 Å². The Labute approximate surface area is 255 Å². The number of halogens is 3. The Bertz CT molecular complexity index is 1620. The number of amides is 3. The average Bonchev–Trinajstić information content (AvgIpc) is 3.39. The van der Waals surface area contributed by atoms with Crippen LogP contribution in [0.1, 0.15) is 42.4 Å². The number of hydrogen-bond donors (Lipinski definition) is 3. The van der Waals surface area contributed by atoms with E-state index in [4.69, 9.17) is 9.47 Å². The van der Waals surface area contributed by atoms with E-state index in [1.165, 1.54) is 35.6 Å². The maximum atomic E-state index is 13.0. The van der Waals surface area contributed by atoms with Crippen LogP contribution in [0.25, 0.3) is 11.1 Å². The number of carbonyl (C=O) groups is 3. The Morgan fingerprint density at radius 2 is 1.55 bits per heavy atom. The smallest absolute Gasteiger partial charge is 0.416 e. The van der Waals surface area contributed by atoms with Crippen molar-refractivity contribution in [3.63, 3.8) is 0 Å². The zero-order chi connectivity index (χ0) is 31.9. The molecule has 13 heteroatoms. The summed E-state index contributed by atoms with van der Waals surface area (Å²) in [6.45, 7) is 5.51. The second-order valence-electron chi connectivity index (χ2n) is 10.4. The quantitative estimate of drug-likeness (QED) is 0.184. The first-order chi connectivity index (χ1) is 20.8. The van der Waals surface area contributed by atoms with Crippen LogP contribution in [0.5, 0.6) is 5.75 Å². The van der Waals surface area contributed by atoms with Gasteiger partial charge in [-0.15, -0.1) is 11.3 Å². The standard InChI is InChI=1S/C31H29F3N4O5S/c1-30(2,3)43-29(41)38-27-37-22(18-44-27)16-17-35-28(40)42-23-14-12-21(13-15-23)36-26(39)25-7-5-4-6-24(25)19-8-10-20(11-9-19)31(32,33)34/h4-15,18H,16-17H2,1-3H3,(H,35,40)(H,36,39)(H,37,38,41). The second-order valence-corrected chi connectivity index (χ2v) is 11.3. The maximum Gasteiger partial charge on any atom is 0.416 e. The van der Waals surface area contributed by atoms with E-state index in [1.54, 1.807) is 62.5 Å². The Morgan fingerprint density at radius 3 is 2.20 bits per heavy atom. The first-order valence-electron chi connectivity index (χ1n) is 13.3. The van der Waals surface area contributed by atoms with Crippen LogP contribution in [-0.2, 0) is 17.3 Å². The summed E-state index contributed by atoms with van der Waals surface area (Å²) in [6, 6.07) is 17.3. The Kier molecular flexibility index (Phi) is 9.89. The van der Waals surface area contributed by atoms with E-state index >= 15 is 0 Å². The molecule has 0 fully saturated rings. The Morgan fingerprint density at radius 1 is 0.864 bits per heavy atom. The third kappa shape index (κ3) is 9.30. The van der Waals surface area contributed by atoms with Gasteiger partial charge in [0.25, 0.3) is 5.91 Å². The van der Waals surface area contributed by atoms with Crippen molar-refractivity contribution in [2.24, 2.45) is 0 Å². The molecule has 3 aromatic carbocycles. The summed E-state index contributed by atoms with van der Waals surface area (Å²) >= 11 is 1.24. The number of rotatable bonds is 8. The molecule has 0 saturated carbocycles. The summed E-state index contributed by atoms with van der Waals surface area (Å²) in [5.74, 6) is -0.221. The van der Waals surface area contributed by atoms with Gasteiger partial charge in [0.05, 0.1) is 11.3 Å². The lowest BCUT2D eigenvalue weighted by atomic mass is 9.98. The van der Waals surface area contributed by atoms with E-state index in [-0.39, 0.29) is 17.9 Å². The average molecular weight is 627 g/mol. The molecule has 0 spiro atoms. The van der Waals surface area contributed by atoms with Crippen LogP contribution in [0, 0.1) is 0 Å². The molecule has 4 aromatic rings. The van der Waals surface area contributed by atoms with Crippen molar-refractivity contribution in [2.75, 3.05) is 17.2 Å². The number of alkyl halides is 3. The van der Waals surface area contributed by atoms with Gasteiger partial charge >= 0.3 is 18.4 Å². The fourth-order valence-electron chi connectivity index (χ4n) is 3.88. The molecule has 0 atom stereocenters. The van der Waals surface area contributed by atoms with E-state index in [0.717, 1.165) is 12.1 Å². The minimum atomic E-state index is -4.46. The van der Waals surface area contributed by atoms with Gasteiger partial charge in [0.1, 0.15) is 11.4 Å². The van der Waals surface area contributed by atoms with Crippen molar-refractivity contribution in [3.8, 4) is 16.9 Å². The molecule has 1 aromatic heterocycles. The van der Waals surface area contributed by atoms with Crippen molar-refractivity contribution in [3.05, 3.63) is 95.0 Å². The highest BCUT2D eigenvalue weighted by molar-refractivity contribution is 7.13. The molecule has 3 amide bonds. The van der Waals surface area contributed by atoms with Crippen LogP contribution in [0.3, 0.4) is 0 Å². The summed E-state index contributed by atoms with van der Waals surface area (Å²) in [5, 5.41) is 10.1. The van der Waals surface area contributed by atoms with Gasteiger partial charge in [0.2, 0.25) is 0 Å². The highest BCUT2D eigenvalue weighted by Crippen LogP contribution is 2.32. The normalized spacial score (nSPS) is 11.4. The fourth-order valence-corrected chi connectivity index (χ4v) is 4.61.